The molecule has 0 saturated carbocycles. The second kappa shape index (κ2) is 5.69. The zero-order chi connectivity index (χ0) is 13.0. The average molecular weight is 256 g/mol. The largest absolute Gasteiger partial charge is 0.207 e. The average Bonchev–Trinajstić information content (AvgIpc) is 2.37. The lowest BCUT2D eigenvalue weighted by atomic mass is 10.1. The van der Waals surface area contributed by atoms with E-state index in [1.54, 1.807) is 6.07 Å². The molecular weight excluding hydrogens is 243 g/mol. The van der Waals surface area contributed by atoms with E-state index in [1.807, 2.05) is 49.4 Å². The van der Waals surface area contributed by atoms with Gasteiger partial charge in [-0.25, -0.2) is 4.39 Å². The van der Waals surface area contributed by atoms with Crippen molar-refractivity contribution in [3.8, 4) is 0 Å². The molecule has 0 spiro atoms. The molecule has 0 aliphatic heterocycles. The third-order valence-electron chi connectivity index (χ3n) is 2.61. The van der Waals surface area contributed by atoms with Crippen LogP contribution in [0.15, 0.2) is 54.6 Å². The van der Waals surface area contributed by atoms with Crippen LogP contribution >= 0.6 is 12.2 Å². The Morgan fingerprint density at radius 3 is 2.50 bits per heavy atom. The number of allylic oxidation sites excluding steroid dienone is 1. The number of rotatable bonds is 3. The molecule has 0 radical (unpaired) electrons. The Morgan fingerprint density at radius 2 is 1.83 bits per heavy atom. The third kappa shape index (κ3) is 3.34. The minimum atomic E-state index is -0.238. The normalized spacial score (nSPS) is 10.8. The molecule has 0 N–H and O–H groups in total. The maximum atomic E-state index is 13.0. The fourth-order valence-corrected chi connectivity index (χ4v) is 1.80. The molecule has 0 atom stereocenters. The van der Waals surface area contributed by atoms with E-state index in [0.29, 0.717) is 0 Å². The molecule has 2 aromatic rings. The van der Waals surface area contributed by atoms with Crippen molar-refractivity contribution >= 4 is 23.2 Å². The van der Waals surface area contributed by atoms with E-state index < -0.39 is 0 Å². The Kier molecular flexibility index (Phi) is 4.00. The van der Waals surface area contributed by atoms with E-state index in [1.165, 1.54) is 17.7 Å². The van der Waals surface area contributed by atoms with E-state index in [4.69, 9.17) is 12.2 Å². The molecule has 0 amide bonds. The van der Waals surface area contributed by atoms with Crippen molar-refractivity contribution < 1.29 is 4.39 Å². The maximum absolute atomic E-state index is 13.0. The molecule has 0 aromatic heterocycles. The fraction of sp³-hybridized carbons (Fsp3) is 0.0625. The lowest BCUT2D eigenvalue weighted by Crippen LogP contribution is -1.91. The second-order valence-electron chi connectivity index (χ2n) is 4.12. The van der Waals surface area contributed by atoms with Crippen LogP contribution in [0.1, 0.15) is 16.7 Å². The van der Waals surface area contributed by atoms with Gasteiger partial charge in [0.1, 0.15) is 5.82 Å². The number of benzene rings is 2. The number of hydrogen-bond acceptors (Lipinski definition) is 1. The first-order valence-corrected chi connectivity index (χ1v) is 6.10. The summed E-state index contributed by atoms with van der Waals surface area (Å²) in [5, 5.41) is 0. The van der Waals surface area contributed by atoms with Gasteiger partial charge in [0, 0.05) is 4.86 Å². The highest BCUT2D eigenvalue weighted by Crippen LogP contribution is 2.09. The summed E-state index contributed by atoms with van der Waals surface area (Å²) in [6.45, 7) is 2.04. The van der Waals surface area contributed by atoms with Crippen molar-refractivity contribution in [3.05, 3.63) is 77.1 Å². The molecule has 0 nitrogen and oxygen atoms in total. The predicted molar refractivity (Wildman–Crippen MR) is 78.3 cm³/mol. The molecule has 0 saturated heterocycles. The van der Waals surface area contributed by atoms with Crippen molar-refractivity contribution in [2.24, 2.45) is 0 Å². The summed E-state index contributed by atoms with van der Waals surface area (Å²) in [5.74, 6) is -0.238. The molecule has 0 aliphatic carbocycles. The summed E-state index contributed by atoms with van der Waals surface area (Å²) in [5.41, 5.74) is 3.02. The van der Waals surface area contributed by atoms with Gasteiger partial charge in [0.25, 0.3) is 0 Å². The molecule has 0 heterocycles. The molecule has 2 heteroatoms. The van der Waals surface area contributed by atoms with Gasteiger partial charge in [-0.3, -0.25) is 0 Å². The van der Waals surface area contributed by atoms with Gasteiger partial charge in [-0.15, -0.1) is 0 Å². The predicted octanol–water partition coefficient (Wildman–Crippen LogP) is 4.57. The Morgan fingerprint density at radius 1 is 1.11 bits per heavy atom. The van der Waals surface area contributed by atoms with Gasteiger partial charge >= 0.3 is 0 Å². The van der Waals surface area contributed by atoms with Gasteiger partial charge in [-0.2, -0.15) is 0 Å². The molecule has 0 fully saturated rings. The summed E-state index contributed by atoms with van der Waals surface area (Å²) in [4.78, 5) is 0.749. The number of hydrogen-bond donors (Lipinski definition) is 0. The number of aryl methyl sites for hydroxylation is 1. The molecule has 2 rings (SSSR count). The lowest BCUT2D eigenvalue weighted by molar-refractivity contribution is 0.627. The number of thiocarbonyl (C=S) groups is 1. The van der Waals surface area contributed by atoms with E-state index in [9.17, 15) is 4.39 Å². The van der Waals surface area contributed by atoms with Crippen molar-refractivity contribution in [2.45, 2.75) is 6.92 Å². The van der Waals surface area contributed by atoms with Crippen LogP contribution in [0.4, 0.5) is 4.39 Å². The molecule has 2 aromatic carbocycles. The number of halogens is 1. The summed E-state index contributed by atoms with van der Waals surface area (Å²) >= 11 is 5.32. The quantitative estimate of drug-likeness (QED) is 0.440. The summed E-state index contributed by atoms with van der Waals surface area (Å²) in [7, 11) is 0. The molecule has 0 bridgehead atoms. The fourth-order valence-electron chi connectivity index (χ4n) is 1.60. The van der Waals surface area contributed by atoms with Gasteiger partial charge < -0.3 is 0 Å². The van der Waals surface area contributed by atoms with Crippen LogP contribution in [0.25, 0.3) is 6.08 Å². The van der Waals surface area contributed by atoms with Gasteiger partial charge in [0.15, 0.2) is 0 Å². The van der Waals surface area contributed by atoms with Crippen molar-refractivity contribution in [3.63, 3.8) is 0 Å². The molecule has 90 valence electrons. The minimum absolute atomic E-state index is 0.238. The van der Waals surface area contributed by atoms with E-state index in [2.05, 4.69) is 0 Å². The maximum Gasteiger partial charge on any atom is 0.123 e. The van der Waals surface area contributed by atoms with Crippen LogP contribution in [0.5, 0.6) is 0 Å². The van der Waals surface area contributed by atoms with Crippen LogP contribution < -0.4 is 0 Å². The zero-order valence-corrected chi connectivity index (χ0v) is 10.9. The standard InChI is InChI=1S/C16H13FS/c1-12-5-8-14(9-6-12)16(18)10-7-13-3-2-4-15(17)11-13/h2-11H,1H3. The van der Waals surface area contributed by atoms with Gasteiger partial charge in [0.2, 0.25) is 0 Å². The van der Waals surface area contributed by atoms with Gasteiger partial charge in [0.05, 0.1) is 0 Å². The van der Waals surface area contributed by atoms with E-state index in [0.717, 1.165) is 16.0 Å². The van der Waals surface area contributed by atoms with Crippen LogP contribution in [-0.4, -0.2) is 4.86 Å². The van der Waals surface area contributed by atoms with Gasteiger partial charge in [-0.1, -0.05) is 60.3 Å². The first kappa shape index (κ1) is 12.7. The third-order valence-corrected chi connectivity index (χ3v) is 2.98. The summed E-state index contributed by atoms with van der Waals surface area (Å²) in [6, 6.07) is 14.5. The van der Waals surface area contributed by atoms with Crippen LogP contribution in [0.3, 0.4) is 0 Å². The SMILES string of the molecule is Cc1ccc(C(=S)C=Cc2cccc(F)c2)cc1. The highest BCUT2D eigenvalue weighted by molar-refractivity contribution is 7.81. The van der Waals surface area contributed by atoms with E-state index in [-0.39, 0.29) is 5.82 Å². The highest BCUT2D eigenvalue weighted by Gasteiger charge is 1.97. The van der Waals surface area contributed by atoms with Crippen LogP contribution in [-0.2, 0) is 0 Å². The first-order valence-electron chi connectivity index (χ1n) is 5.70. The Bertz CT molecular complexity index is 582. The molecule has 18 heavy (non-hydrogen) atoms. The topological polar surface area (TPSA) is 0 Å². The van der Waals surface area contributed by atoms with Crippen molar-refractivity contribution in [1.29, 1.82) is 0 Å². The summed E-state index contributed by atoms with van der Waals surface area (Å²) in [6.07, 6.45) is 3.65. The Hall–Kier alpha value is -1.80. The molecule has 0 aliphatic rings. The van der Waals surface area contributed by atoms with E-state index >= 15 is 0 Å². The Labute approximate surface area is 112 Å². The molecular formula is C16H13FS. The zero-order valence-electron chi connectivity index (χ0n) is 10.1. The van der Waals surface area contributed by atoms with Gasteiger partial charge in [-0.05, 0) is 36.3 Å². The van der Waals surface area contributed by atoms with Crippen LogP contribution in [0.2, 0.25) is 0 Å². The minimum Gasteiger partial charge on any atom is -0.207 e. The highest BCUT2D eigenvalue weighted by atomic mass is 32.1. The first-order chi connectivity index (χ1) is 8.65. The lowest BCUT2D eigenvalue weighted by Gasteiger charge is -1.99. The molecule has 0 unspecified atom stereocenters. The monoisotopic (exact) mass is 256 g/mol. The second-order valence-corrected chi connectivity index (χ2v) is 4.56. The van der Waals surface area contributed by atoms with Crippen LogP contribution in [0, 0.1) is 12.7 Å². The Balaban J connectivity index is 2.14. The summed E-state index contributed by atoms with van der Waals surface area (Å²) < 4.78 is 13.0. The van der Waals surface area contributed by atoms with Crippen molar-refractivity contribution in [2.75, 3.05) is 0 Å². The van der Waals surface area contributed by atoms with Crippen molar-refractivity contribution in [1.82, 2.24) is 0 Å². The smallest absolute Gasteiger partial charge is 0.123 e.